The topological polar surface area (TPSA) is 125 Å². The number of aryl methyl sites for hydroxylation is 1. The Labute approximate surface area is 229 Å². The van der Waals surface area contributed by atoms with Gasteiger partial charge in [0.15, 0.2) is 5.82 Å². The zero-order chi connectivity index (χ0) is 27.6. The summed E-state index contributed by atoms with van der Waals surface area (Å²) in [5.41, 5.74) is 2.88. The third-order valence-electron chi connectivity index (χ3n) is 6.17. The number of carbonyl (C=O) groups is 2. The Bertz CT molecular complexity index is 1260. The van der Waals surface area contributed by atoms with Gasteiger partial charge in [0.25, 0.3) is 5.91 Å². The smallest absolute Gasteiger partial charge is 0.319 e. The summed E-state index contributed by atoms with van der Waals surface area (Å²) in [4.78, 5) is 42.9. The van der Waals surface area contributed by atoms with Crippen molar-refractivity contribution in [2.45, 2.75) is 19.9 Å². The van der Waals surface area contributed by atoms with Crippen LogP contribution in [-0.2, 0) is 17.7 Å². The summed E-state index contributed by atoms with van der Waals surface area (Å²) in [6.07, 6.45) is 0.705. The summed E-state index contributed by atoms with van der Waals surface area (Å²) in [5.74, 6) is 1.87. The molecule has 0 radical (unpaired) electrons. The van der Waals surface area contributed by atoms with Gasteiger partial charge >= 0.3 is 6.03 Å². The summed E-state index contributed by atoms with van der Waals surface area (Å²) < 4.78 is 5.44. The van der Waals surface area contributed by atoms with Crippen LogP contribution in [0.15, 0.2) is 48.5 Å². The highest BCUT2D eigenvalue weighted by Gasteiger charge is 2.17. The van der Waals surface area contributed by atoms with E-state index in [0.29, 0.717) is 49.2 Å². The fraction of sp³-hybridized carbons (Fsp3) is 0.393. The van der Waals surface area contributed by atoms with Crippen molar-refractivity contribution < 1.29 is 14.3 Å². The van der Waals surface area contributed by atoms with Crippen LogP contribution in [-0.4, -0.2) is 85.3 Å². The van der Waals surface area contributed by atoms with E-state index in [1.165, 1.54) is 0 Å². The molecular weight excluding hydrogens is 496 g/mol. The van der Waals surface area contributed by atoms with Crippen LogP contribution < -0.4 is 20.9 Å². The molecule has 2 aromatic carbocycles. The number of ether oxygens (including phenoxy) is 1. The van der Waals surface area contributed by atoms with E-state index in [-0.39, 0.29) is 18.5 Å². The predicted molar refractivity (Wildman–Crippen MR) is 151 cm³/mol. The first-order valence-corrected chi connectivity index (χ1v) is 13.2. The van der Waals surface area contributed by atoms with Crippen LogP contribution in [0, 0.1) is 0 Å². The molecule has 11 nitrogen and oxygen atoms in total. The zero-order valence-electron chi connectivity index (χ0n) is 22.7. The highest BCUT2D eigenvalue weighted by atomic mass is 16.5. The van der Waals surface area contributed by atoms with E-state index in [4.69, 9.17) is 9.72 Å². The van der Waals surface area contributed by atoms with Crippen molar-refractivity contribution in [2.24, 2.45) is 0 Å². The number of rotatable bonds is 10. The quantitative estimate of drug-likeness (QED) is 0.364. The number of likely N-dealkylation sites (N-methyl/N-ethyl adjacent to an activating group) is 1. The maximum atomic E-state index is 12.5. The van der Waals surface area contributed by atoms with E-state index in [9.17, 15) is 9.59 Å². The molecule has 1 aliphatic heterocycles. The highest BCUT2D eigenvalue weighted by Crippen LogP contribution is 2.21. The molecule has 3 aromatic rings. The number of benzene rings is 2. The molecule has 0 saturated carbocycles. The monoisotopic (exact) mass is 532 g/mol. The van der Waals surface area contributed by atoms with Crippen LogP contribution >= 0.6 is 0 Å². The van der Waals surface area contributed by atoms with Gasteiger partial charge < -0.3 is 30.5 Å². The van der Waals surface area contributed by atoms with E-state index in [1.54, 1.807) is 12.1 Å². The van der Waals surface area contributed by atoms with Crippen LogP contribution in [0.25, 0.3) is 11.4 Å². The van der Waals surface area contributed by atoms with Crippen molar-refractivity contribution in [3.8, 4) is 11.4 Å². The Morgan fingerprint density at radius 2 is 1.77 bits per heavy atom. The van der Waals surface area contributed by atoms with E-state index >= 15 is 0 Å². The fourth-order valence-corrected chi connectivity index (χ4v) is 3.98. The van der Waals surface area contributed by atoms with Crippen molar-refractivity contribution >= 4 is 23.6 Å². The molecule has 1 aromatic heterocycles. The fourth-order valence-electron chi connectivity index (χ4n) is 3.98. The first-order chi connectivity index (χ1) is 18.9. The van der Waals surface area contributed by atoms with Gasteiger partial charge in [-0.15, -0.1) is 0 Å². The number of morpholine rings is 1. The van der Waals surface area contributed by atoms with E-state index in [2.05, 4.69) is 30.8 Å². The van der Waals surface area contributed by atoms with Gasteiger partial charge in [-0.25, -0.2) is 9.78 Å². The number of aromatic nitrogens is 3. The molecule has 1 fully saturated rings. The van der Waals surface area contributed by atoms with Gasteiger partial charge in [-0.05, 0) is 56.1 Å². The molecule has 2 heterocycles. The van der Waals surface area contributed by atoms with Crippen LogP contribution in [0.1, 0.15) is 28.7 Å². The number of carbonyl (C=O) groups excluding carboxylic acids is 2. The number of hydrogen-bond acceptors (Lipinski definition) is 8. The normalized spacial score (nSPS) is 13.3. The first-order valence-electron chi connectivity index (χ1n) is 13.2. The maximum absolute atomic E-state index is 12.5. The Morgan fingerprint density at radius 1 is 1.00 bits per heavy atom. The van der Waals surface area contributed by atoms with E-state index in [0.717, 1.165) is 36.6 Å². The van der Waals surface area contributed by atoms with Crippen LogP contribution in [0.2, 0.25) is 0 Å². The molecule has 4 rings (SSSR count). The number of urea groups is 1. The highest BCUT2D eigenvalue weighted by molar-refractivity contribution is 5.94. The molecule has 0 atom stereocenters. The SMILES string of the molecule is CCc1nc(-c2ccc(NC(=O)NCc3cccc(C(=O)NCCN(C)C)c3)cc2)nc(N2CCOCC2)n1. The predicted octanol–water partition coefficient (Wildman–Crippen LogP) is 2.55. The van der Waals surface area contributed by atoms with Gasteiger partial charge in [0.1, 0.15) is 5.82 Å². The Hall–Kier alpha value is -4.09. The first kappa shape index (κ1) is 27.9. The van der Waals surface area contributed by atoms with Crippen molar-refractivity contribution in [1.29, 1.82) is 0 Å². The molecule has 0 unspecified atom stereocenters. The average molecular weight is 533 g/mol. The molecule has 206 valence electrons. The minimum Gasteiger partial charge on any atom is -0.378 e. The summed E-state index contributed by atoms with van der Waals surface area (Å²) >= 11 is 0. The van der Waals surface area contributed by atoms with Crippen LogP contribution in [0.3, 0.4) is 0 Å². The molecule has 0 bridgehead atoms. The van der Waals surface area contributed by atoms with Crippen molar-refractivity contribution in [3.63, 3.8) is 0 Å². The van der Waals surface area contributed by atoms with Crippen LogP contribution in [0.5, 0.6) is 0 Å². The lowest BCUT2D eigenvalue weighted by Gasteiger charge is -2.27. The Morgan fingerprint density at radius 3 is 2.49 bits per heavy atom. The minimum absolute atomic E-state index is 0.135. The minimum atomic E-state index is -0.341. The molecule has 1 saturated heterocycles. The summed E-state index contributed by atoms with van der Waals surface area (Å²) in [5, 5.41) is 8.58. The number of nitrogens with one attached hydrogen (secondary N) is 3. The Balaban J connectivity index is 1.33. The third kappa shape index (κ3) is 8.20. The summed E-state index contributed by atoms with van der Waals surface area (Å²) in [6.45, 7) is 6.45. The number of hydrogen-bond donors (Lipinski definition) is 3. The maximum Gasteiger partial charge on any atom is 0.319 e. The van der Waals surface area contributed by atoms with E-state index < -0.39 is 0 Å². The largest absolute Gasteiger partial charge is 0.378 e. The van der Waals surface area contributed by atoms with Gasteiger partial charge in [-0.2, -0.15) is 9.97 Å². The third-order valence-corrected chi connectivity index (χ3v) is 6.17. The number of nitrogens with zero attached hydrogens (tertiary/aromatic N) is 5. The number of anilines is 2. The standard InChI is InChI=1S/C28H36N8O3/c1-4-24-32-25(34-27(33-24)36-14-16-39-17-15-36)21-8-10-23(11-9-21)31-28(38)30-19-20-6-5-7-22(18-20)26(37)29-12-13-35(2)3/h5-11,18H,4,12-17,19H2,1-3H3,(H,29,37)(H2,30,31,38). The molecule has 11 heteroatoms. The van der Waals surface area contributed by atoms with Gasteiger partial charge in [-0.1, -0.05) is 19.1 Å². The second-order valence-corrected chi connectivity index (χ2v) is 9.47. The molecule has 0 spiro atoms. The molecular formula is C28H36N8O3. The second-order valence-electron chi connectivity index (χ2n) is 9.47. The second kappa shape index (κ2) is 13.6. The average Bonchev–Trinajstić information content (AvgIpc) is 2.96. The lowest BCUT2D eigenvalue weighted by molar-refractivity contribution is 0.0951. The molecule has 0 aliphatic carbocycles. The van der Waals surface area contributed by atoms with Gasteiger partial charge in [0, 0.05) is 56.0 Å². The number of amides is 3. The lowest BCUT2D eigenvalue weighted by Crippen LogP contribution is -2.37. The molecule has 3 amide bonds. The van der Waals surface area contributed by atoms with Gasteiger partial charge in [-0.3, -0.25) is 4.79 Å². The van der Waals surface area contributed by atoms with Crippen molar-refractivity contribution in [1.82, 2.24) is 30.5 Å². The summed E-state index contributed by atoms with van der Waals surface area (Å²) in [7, 11) is 3.91. The lowest BCUT2D eigenvalue weighted by atomic mass is 10.1. The van der Waals surface area contributed by atoms with Crippen molar-refractivity contribution in [3.05, 3.63) is 65.5 Å². The molecule has 1 aliphatic rings. The molecule has 39 heavy (non-hydrogen) atoms. The van der Waals surface area contributed by atoms with Gasteiger partial charge in [0.2, 0.25) is 5.95 Å². The van der Waals surface area contributed by atoms with Gasteiger partial charge in [0.05, 0.1) is 13.2 Å². The van der Waals surface area contributed by atoms with E-state index in [1.807, 2.05) is 62.3 Å². The Kier molecular flexibility index (Phi) is 9.76. The molecule has 3 N–H and O–H groups in total. The zero-order valence-corrected chi connectivity index (χ0v) is 22.7. The van der Waals surface area contributed by atoms with Crippen molar-refractivity contribution in [2.75, 3.05) is 63.7 Å². The summed E-state index contributed by atoms with van der Waals surface area (Å²) in [6, 6.07) is 14.3. The van der Waals surface area contributed by atoms with Crippen LogP contribution in [0.4, 0.5) is 16.4 Å².